The van der Waals surface area contributed by atoms with Crippen LogP contribution < -0.4 is 5.32 Å². The molecule has 7 heteroatoms. The van der Waals surface area contributed by atoms with E-state index in [1.54, 1.807) is 16.2 Å². The van der Waals surface area contributed by atoms with Crippen molar-refractivity contribution >= 4 is 17.4 Å². The minimum atomic E-state index is -0.426. The van der Waals surface area contributed by atoms with Crippen LogP contribution in [0, 0.1) is 0 Å². The molecular weight excluding hydrogens is 312 g/mol. The van der Waals surface area contributed by atoms with E-state index in [2.05, 4.69) is 27.5 Å². The molecule has 2 N–H and O–H groups in total. The standard InChI is InChI=1S/C16H26N4O2S/c1-2-12-11-23-15(18-12)5-6-17-16(22)20-9-13(14(21)10-20)19-7-3-4-8-19/h11,13-14,21H,2-10H2,1H3,(H,17,22)/t13-,14-/m0/s1. The molecule has 3 heterocycles. The number of nitrogens with one attached hydrogen (secondary N) is 1. The Labute approximate surface area is 141 Å². The molecule has 0 radical (unpaired) electrons. The third-order valence-corrected chi connectivity index (χ3v) is 5.69. The molecule has 128 valence electrons. The Morgan fingerprint density at radius 3 is 2.91 bits per heavy atom. The lowest BCUT2D eigenvalue weighted by atomic mass is 10.2. The van der Waals surface area contributed by atoms with Crippen molar-refractivity contribution in [3.05, 3.63) is 16.1 Å². The molecule has 0 bridgehead atoms. The van der Waals surface area contributed by atoms with E-state index in [-0.39, 0.29) is 12.1 Å². The fraction of sp³-hybridized carbons (Fsp3) is 0.750. The van der Waals surface area contributed by atoms with Gasteiger partial charge in [0, 0.05) is 31.4 Å². The second kappa shape index (κ2) is 7.59. The van der Waals surface area contributed by atoms with E-state index in [9.17, 15) is 9.90 Å². The Morgan fingerprint density at radius 1 is 1.43 bits per heavy atom. The number of aryl methyl sites for hydroxylation is 1. The zero-order valence-electron chi connectivity index (χ0n) is 13.7. The first-order valence-corrected chi connectivity index (χ1v) is 9.43. The first-order valence-electron chi connectivity index (χ1n) is 8.55. The van der Waals surface area contributed by atoms with Crippen LogP contribution >= 0.6 is 11.3 Å². The molecule has 2 aliphatic rings. The maximum absolute atomic E-state index is 12.3. The molecule has 2 saturated heterocycles. The minimum Gasteiger partial charge on any atom is -0.390 e. The zero-order valence-corrected chi connectivity index (χ0v) is 14.5. The summed E-state index contributed by atoms with van der Waals surface area (Å²) in [6, 6.07) is 0.0346. The summed E-state index contributed by atoms with van der Waals surface area (Å²) < 4.78 is 0. The molecule has 0 aliphatic carbocycles. The maximum Gasteiger partial charge on any atom is 0.317 e. The highest BCUT2D eigenvalue weighted by Gasteiger charge is 2.38. The molecule has 2 amide bonds. The van der Waals surface area contributed by atoms with E-state index in [1.807, 2.05) is 0 Å². The quantitative estimate of drug-likeness (QED) is 0.844. The molecular formula is C16H26N4O2S. The van der Waals surface area contributed by atoms with Crippen LogP contribution in [0.4, 0.5) is 4.79 Å². The molecule has 1 aromatic heterocycles. The molecule has 2 atom stereocenters. The Kier molecular flexibility index (Phi) is 5.50. The number of aromatic nitrogens is 1. The van der Waals surface area contributed by atoms with Gasteiger partial charge in [-0.05, 0) is 32.4 Å². The number of β-amino-alcohol motifs (C(OH)–C–C–N with tert-alkyl or cyclic N) is 1. The molecule has 1 aromatic rings. The summed E-state index contributed by atoms with van der Waals surface area (Å²) >= 11 is 1.65. The van der Waals surface area contributed by atoms with Crippen molar-refractivity contribution in [1.29, 1.82) is 0 Å². The number of likely N-dealkylation sites (tertiary alicyclic amines) is 2. The number of aliphatic hydroxyl groups is 1. The smallest absolute Gasteiger partial charge is 0.317 e. The summed E-state index contributed by atoms with van der Waals surface area (Å²) in [6.07, 6.45) is 3.69. The summed E-state index contributed by atoms with van der Waals surface area (Å²) in [7, 11) is 0. The number of thiazole rings is 1. The van der Waals surface area contributed by atoms with Crippen molar-refractivity contribution in [2.75, 3.05) is 32.7 Å². The lowest BCUT2D eigenvalue weighted by Crippen LogP contribution is -2.43. The van der Waals surface area contributed by atoms with Crippen molar-refractivity contribution in [2.45, 2.75) is 44.8 Å². The second-order valence-corrected chi connectivity index (χ2v) is 7.29. The van der Waals surface area contributed by atoms with Crippen molar-refractivity contribution in [2.24, 2.45) is 0 Å². The number of hydrogen-bond donors (Lipinski definition) is 2. The van der Waals surface area contributed by atoms with Gasteiger partial charge in [0.1, 0.15) is 0 Å². The lowest BCUT2D eigenvalue weighted by molar-refractivity contribution is 0.0980. The SMILES string of the molecule is CCc1csc(CCNC(=O)N2C[C@H](O)[C@@H](N3CCCC3)C2)n1. The normalized spacial score (nSPS) is 25.2. The number of hydrogen-bond acceptors (Lipinski definition) is 5. The third kappa shape index (κ3) is 4.02. The first kappa shape index (κ1) is 16.7. The Hall–Kier alpha value is -1.18. The van der Waals surface area contributed by atoms with Crippen LogP contribution in [-0.2, 0) is 12.8 Å². The van der Waals surface area contributed by atoms with Gasteiger partial charge in [0.2, 0.25) is 0 Å². The molecule has 2 aliphatic heterocycles. The number of nitrogens with zero attached hydrogens (tertiary/aromatic N) is 3. The molecule has 23 heavy (non-hydrogen) atoms. The van der Waals surface area contributed by atoms with E-state index >= 15 is 0 Å². The van der Waals surface area contributed by atoms with E-state index in [0.29, 0.717) is 19.6 Å². The average Bonchev–Trinajstić information content (AvgIpc) is 3.26. The van der Waals surface area contributed by atoms with Crippen LogP contribution in [0.25, 0.3) is 0 Å². The number of aliphatic hydroxyl groups excluding tert-OH is 1. The number of carbonyl (C=O) groups excluding carboxylic acids is 1. The number of rotatable bonds is 5. The highest BCUT2D eigenvalue weighted by molar-refractivity contribution is 7.09. The van der Waals surface area contributed by atoms with Crippen LogP contribution in [0.1, 0.15) is 30.5 Å². The van der Waals surface area contributed by atoms with Crippen LogP contribution in [0.2, 0.25) is 0 Å². The summed E-state index contributed by atoms with van der Waals surface area (Å²) in [6.45, 7) is 5.84. The summed E-state index contributed by atoms with van der Waals surface area (Å²) in [4.78, 5) is 20.8. The van der Waals surface area contributed by atoms with Crippen molar-refractivity contribution < 1.29 is 9.90 Å². The summed E-state index contributed by atoms with van der Waals surface area (Å²) in [5.41, 5.74) is 1.12. The van der Waals surface area contributed by atoms with Crippen LogP contribution in [0.3, 0.4) is 0 Å². The van der Waals surface area contributed by atoms with Crippen molar-refractivity contribution in [3.8, 4) is 0 Å². The number of urea groups is 1. The van der Waals surface area contributed by atoms with E-state index in [0.717, 1.165) is 36.6 Å². The van der Waals surface area contributed by atoms with Crippen LogP contribution in [0.5, 0.6) is 0 Å². The molecule has 0 spiro atoms. The van der Waals surface area contributed by atoms with Gasteiger partial charge in [0.15, 0.2) is 0 Å². The zero-order chi connectivity index (χ0) is 16.2. The maximum atomic E-state index is 12.3. The summed E-state index contributed by atoms with van der Waals surface area (Å²) in [5.74, 6) is 0. The number of carbonyl (C=O) groups is 1. The third-order valence-electron chi connectivity index (χ3n) is 4.73. The molecule has 0 aromatic carbocycles. The Bertz CT molecular complexity index is 530. The molecule has 2 fully saturated rings. The highest BCUT2D eigenvalue weighted by Crippen LogP contribution is 2.21. The van der Waals surface area contributed by atoms with Gasteiger partial charge >= 0.3 is 6.03 Å². The fourth-order valence-electron chi connectivity index (χ4n) is 3.38. The van der Waals surface area contributed by atoms with Gasteiger partial charge in [-0.15, -0.1) is 11.3 Å². The van der Waals surface area contributed by atoms with Crippen molar-refractivity contribution in [3.63, 3.8) is 0 Å². The minimum absolute atomic E-state index is 0.0713. The van der Waals surface area contributed by atoms with Gasteiger partial charge in [-0.2, -0.15) is 0 Å². The monoisotopic (exact) mass is 338 g/mol. The predicted octanol–water partition coefficient (Wildman–Crippen LogP) is 1.10. The largest absolute Gasteiger partial charge is 0.390 e. The highest BCUT2D eigenvalue weighted by atomic mass is 32.1. The van der Waals surface area contributed by atoms with Crippen molar-refractivity contribution in [1.82, 2.24) is 20.1 Å². The van der Waals surface area contributed by atoms with Gasteiger partial charge in [-0.1, -0.05) is 6.92 Å². The van der Waals surface area contributed by atoms with E-state index in [1.165, 1.54) is 12.8 Å². The Balaban J connectivity index is 1.43. The van der Waals surface area contributed by atoms with E-state index < -0.39 is 6.10 Å². The topological polar surface area (TPSA) is 68.7 Å². The van der Waals surface area contributed by atoms with Gasteiger partial charge in [-0.25, -0.2) is 9.78 Å². The molecule has 0 saturated carbocycles. The molecule has 3 rings (SSSR count). The summed E-state index contributed by atoms with van der Waals surface area (Å²) in [5, 5.41) is 16.3. The lowest BCUT2D eigenvalue weighted by Gasteiger charge is -2.25. The van der Waals surface area contributed by atoms with Gasteiger partial charge < -0.3 is 15.3 Å². The molecule has 6 nitrogen and oxygen atoms in total. The Morgan fingerprint density at radius 2 is 2.22 bits per heavy atom. The van der Waals surface area contributed by atoms with Gasteiger partial charge in [0.05, 0.1) is 22.8 Å². The van der Waals surface area contributed by atoms with E-state index in [4.69, 9.17) is 0 Å². The predicted molar refractivity (Wildman–Crippen MR) is 90.8 cm³/mol. The van der Waals surface area contributed by atoms with Crippen LogP contribution in [0.15, 0.2) is 5.38 Å². The van der Waals surface area contributed by atoms with Crippen LogP contribution in [-0.4, -0.2) is 70.8 Å². The average molecular weight is 338 g/mol. The van der Waals surface area contributed by atoms with Gasteiger partial charge in [-0.3, -0.25) is 4.90 Å². The van der Waals surface area contributed by atoms with Gasteiger partial charge in [0.25, 0.3) is 0 Å². The number of amides is 2. The fourth-order valence-corrected chi connectivity index (χ4v) is 4.26. The molecule has 0 unspecified atom stereocenters. The first-order chi connectivity index (χ1) is 11.2. The second-order valence-electron chi connectivity index (χ2n) is 6.35.